The molecule has 2 saturated carbocycles. The molecule has 4 aliphatic rings. The molecule has 2 aliphatic carbocycles. The van der Waals surface area contributed by atoms with Gasteiger partial charge in [-0.05, 0) is 57.3 Å². The lowest BCUT2D eigenvalue weighted by Crippen LogP contribution is -2.52. The second kappa shape index (κ2) is 6.39. The first-order chi connectivity index (χ1) is 12.3. The predicted molar refractivity (Wildman–Crippen MR) is 98.6 cm³/mol. The molecule has 0 aromatic heterocycles. The summed E-state index contributed by atoms with van der Waals surface area (Å²) >= 11 is 0. The average molecular weight is 364 g/mol. The Kier molecular flexibility index (Phi) is 4.45. The van der Waals surface area contributed by atoms with Gasteiger partial charge in [-0.3, -0.25) is 9.69 Å². The summed E-state index contributed by atoms with van der Waals surface area (Å²) in [5.41, 5.74) is 0.331. The Bertz CT molecular complexity index is 575. The molecule has 0 bridgehead atoms. The Balaban J connectivity index is 1.23. The first kappa shape index (κ1) is 18.1. The highest BCUT2D eigenvalue weighted by atomic mass is 16.6. The number of amides is 2. The van der Waals surface area contributed by atoms with Crippen molar-refractivity contribution in [2.24, 2.45) is 23.2 Å². The minimum atomic E-state index is -0.147. The highest BCUT2D eigenvalue weighted by molar-refractivity contribution is 5.82. The third-order valence-corrected chi connectivity index (χ3v) is 7.45. The molecule has 146 valence electrons. The lowest BCUT2D eigenvalue weighted by molar-refractivity contribution is -0.134. The van der Waals surface area contributed by atoms with Crippen molar-refractivity contribution in [3.05, 3.63) is 0 Å². The standard InChI is InChI=1S/C20H33N3O3/c1-5-26-19(25)22-7-6-20(12-22)8-14(9-20)23-10-15-16(11-23)17(15)18(24)21(4)13(2)3/h13-17H,5-12H2,1-4H3. The van der Waals surface area contributed by atoms with Gasteiger partial charge in [-0.1, -0.05) is 0 Å². The number of piperidine rings is 1. The topological polar surface area (TPSA) is 53.1 Å². The molecule has 2 unspecified atom stereocenters. The summed E-state index contributed by atoms with van der Waals surface area (Å²) in [5, 5.41) is 0. The Morgan fingerprint density at radius 2 is 1.88 bits per heavy atom. The fraction of sp³-hybridized carbons (Fsp3) is 0.900. The van der Waals surface area contributed by atoms with Crippen LogP contribution in [0.4, 0.5) is 4.79 Å². The normalized spacial score (nSPS) is 38.4. The predicted octanol–water partition coefficient (Wildman–Crippen LogP) is 2.04. The number of ether oxygens (including phenoxy) is 1. The van der Waals surface area contributed by atoms with Crippen LogP contribution >= 0.6 is 0 Å². The van der Waals surface area contributed by atoms with Crippen LogP contribution in [0.3, 0.4) is 0 Å². The van der Waals surface area contributed by atoms with E-state index in [-0.39, 0.29) is 18.1 Å². The van der Waals surface area contributed by atoms with Gasteiger partial charge in [0, 0.05) is 51.2 Å². The minimum Gasteiger partial charge on any atom is -0.450 e. The Labute approximate surface area is 156 Å². The Hall–Kier alpha value is -1.30. The van der Waals surface area contributed by atoms with Crippen molar-refractivity contribution in [2.45, 2.75) is 52.1 Å². The molecule has 0 aromatic rings. The summed E-state index contributed by atoms with van der Waals surface area (Å²) < 4.78 is 5.15. The van der Waals surface area contributed by atoms with E-state index in [4.69, 9.17) is 4.74 Å². The molecule has 2 saturated heterocycles. The number of hydrogen-bond donors (Lipinski definition) is 0. The van der Waals surface area contributed by atoms with Gasteiger partial charge < -0.3 is 14.5 Å². The molecule has 2 heterocycles. The average Bonchev–Trinajstić information content (AvgIpc) is 2.95. The monoisotopic (exact) mass is 363 g/mol. The quantitative estimate of drug-likeness (QED) is 0.767. The van der Waals surface area contributed by atoms with Crippen LogP contribution in [0, 0.1) is 23.2 Å². The summed E-state index contributed by atoms with van der Waals surface area (Å²) in [6, 6.07) is 0.944. The maximum atomic E-state index is 12.5. The van der Waals surface area contributed by atoms with E-state index in [9.17, 15) is 9.59 Å². The molecular weight excluding hydrogens is 330 g/mol. The summed E-state index contributed by atoms with van der Waals surface area (Å²) in [4.78, 5) is 30.9. The molecular formula is C20H33N3O3. The summed E-state index contributed by atoms with van der Waals surface area (Å²) in [6.45, 7) is 10.4. The van der Waals surface area contributed by atoms with Crippen LogP contribution in [0.5, 0.6) is 0 Å². The number of likely N-dealkylation sites (tertiary alicyclic amines) is 2. The number of nitrogens with zero attached hydrogens (tertiary/aromatic N) is 3. The van der Waals surface area contributed by atoms with E-state index in [1.807, 2.05) is 23.8 Å². The molecule has 0 radical (unpaired) electrons. The van der Waals surface area contributed by atoms with Crippen LogP contribution in [0.15, 0.2) is 0 Å². The van der Waals surface area contributed by atoms with Gasteiger partial charge in [0.05, 0.1) is 6.61 Å². The second-order valence-electron chi connectivity index (χ2n) is 9.28. The Morgan fingerprint density at radius 3 is 2.46 bits per heavy atom. The van der Waals surface area contributed by atoms with Gasteiger partial charge in [-0.2, -0.15) is 0 Å². The van der Waals surface area contributed by atoms with Gasteiger partial charge in [0.1, 0.15) is 0 Å². The molecule has 6 nitrogen and oxygen atoms in total. The van der Waals surface area contributed by atoms with E-state index in [0.717, 1.165) is 32.6 Å². The summed E-state index contributed by atoms with van der Waals surface area (Å²) in [7, 11) is 1.93. The molecule has 2 atom stereocenters. The smallest absolute Gasteiger partial charge is 0.409 e. The maximum Gasteiger partial charge on any atom is 0.409 e. The molecule has 26 heavy (non-hydrogen) atoms. The third-order valence-electron chi connectivity index (χ3n) is 7.45. The first-order valence-corrected chi connectivity index (χ1v) is 10.3. The van der Waals surface area contributed by atoms with Crippen molar-refractivity contribution in [1.82, 2.24) is 14.7 Å². The van der Waals surface area contributed by atoms with Crippen LogP contribution in [0.1, 0.15) is 40.0 Å². The van der Waals surface area contributed by atoms with Crippen molar-refractivity contribution in [2.75, 3.05) is 39.8 Å². The largest absolute Gasteiger partial charge is 0.450 e. The summed E-state index contributed by atoms with van der Waals surface area (Å²) in [6.07, 6.45) is 3.37. The molecule has 6 heteroatoms. The molecule has 1 spiro atoms. The van der Waals surface area contributed by atoms with Crippen molar-refractivity contribution >= 4 is 12.0 Å². The van der Waals surface area contributed by atoms with Gasteiger partial charge >= 0.3 is 6.09 Å². The second-order valence-corrected chi connectivity index (χ2v) is 9.28. The van der Waals surface area contributed by atoms with E-state index >= 15 is 0 Å². The number of rotatable bonds is 4. The van der Waals surface area contributed by atoms with Crippen molar-refractivity contribution in [1.29, 1.82) is 0 Å². The van der Waals surface area contributed by atoms with E-state index in [1.54, 1.807) is 0 Å². The van der Waals surface area contributed by atoms with Gasteiger partial charge in [-0.25, -0.2) is 4.79 Å². The molecule has 4 rings (SSSR count). The lowest BCUT2D eigenvalue weighted by Gasteiger charge is -2.49. The van der Waals surface area contributed by atoms with Crippen molar-refractivity contribution in [3.8, 4) is 0 Å². The van der Waals surface area contributed by atoms with Gasteiger partial charge in [0.15, 0.2) is 0 Å². The van der Waals surface area contributed by atoms with E-state index in [0.29, 0.717) is 35.8 Å². The first-order valence-electron chi connectivity index (χ1n) is 10.3. The number of hydrogen-bond acceptors (Lipinski definition) is 4. The van der Waals surface area contributed by atoms with E-state index in [2.05, 4.69) is 18.7 Å². The number of carbonyl (C=O) groups excluding carboxylic acids is 2. The zero-order valence-corrected chi connectivity index (χ0v) is 16.6. The molecule has 0 aromatic carbocycles. The lowest BCUT2D eigenvalue weighted by atomic mass is 9.64. The maximum absolute atomic E-state index is 12.5. The van der Waals surface area contributed by atoms with Gasteiger partial charge in [0.2, 0.25) is 5.91 Å². The molecule has 2 aliphatic heterocycles. The SMILES string of the molecule is CCOC(=O)N1CCC2(CC(N3CC4C(C3)C4C(=O)N(C)C(C)C)C2)C1. The van der Waals surface area contributed by atoms with E-state index < -0.39 is 0 Å². The minimum absolute atomic E-state index is 0.147. The highest BCUT2D eigenvalue weighted by Gasteiger charge is 2.62. The van der Waals surface area contributed by atoms with Crippen LogP contribution < -0.4 is 0 Å². The number of fused-ring (bicyclic) bond motifs is 1. The van der Waals surface area contributed by atoms with Gasteiger partial charge in [0.25, 0.3) is 0 Å². The van der Waals surface area contributed by atoms with Crippen molar-refractivity contribution < 1.29 is 14.3 Å². The van der Waals surface area contributed by atoms with Crippen LogP contribution in [0.25, 0.3) is 0 Å². The zero-order chi connectivity index (χ0) is 18.6. The fourth-order valence-corrected chi connectivity index (χ4v) is 5.55. The van der Waals surface area contributed by atoms with Crippen molar-refractivity contribution in [3.63, 3.8) is 0 Å². The van der Waals surface area contributed by atoms with E-state index in [1.165, 1.54) is 12.8 Å². The Morgan fingerprint density at radius 1 is 1.23 bits per heavy atom. The highest BCUT2D eigenvalue weighted by Crippen LogP contribution is 2.57. The van der Waals surface area contributed by atoms with Crippen LogP contribution in [-0.2, 0) is 9.53 Å². The zero-order valence-electron chi connectivity index (χ0n) is 16.6. The van der Waals surface area contributed by atoms with Crippen LogP contribution in [0.2, 0.25) is 0 Å². The molecule has 0 N–H and O–H groups in total. The summed E-state index contributed by atoms with van der Waals surface area (Å²) in [5.74, 6) is 1.79. The van der Waals surface area contributed by atoms with Gasteiger partial charge in [-0.15, -0.1) is 0 Å². The number of carbonyl (C=O) groups is 2. The fourth-order valence-electron chi connectivity index (χ4n) is 5.55. The van der Waals surface area contributed by atoms with Crippen LogP contribution in [-0.4, -0.2) is 78.6 Å². The third kappa shape index (κ3) is 2.90. The molecule has 2 amide bonds. The molecule has 4 fully saturated rings.